The van der Waals surface area contributed by atoms with E-state index in [1.54, 1.807) is 0 Å². The molecular weight excluding hydrogens is 196 g/mol. The number of hydrogen-bond acceptors (Lipinski definition) is 0. The van der Waals surface area contributed by atoms with E-state index in [-0.39, 0.29) is 0 Å². The van der Waals surface area contributed by atoms with E-state index in [9.17, 15) is 0 Å². The van der Waals surface area contributed by atoms with Gasteiger partial charge < -0.3 is 4.85 Å². The molecule has 4 fully saturated rings. The molecule has 88 valence electrons. The second kappa shape index (κ2) is 3.25. The molecule has 4 aliphatic rings. The van der Waals surface area contributed by atoms with Crippen LogP contribution in [-0.2, 0) is 0 Å². The molecule has 0 amide bonds. The van der Waals surface area contributed by atoms with Gasteiger partial charge in [-0.15, -0.1) is 0 Å². The van der Waals surface area contributed by atoms with Crippen molar-refractivity contribution in [2.45, 2.75) is 52.5 Å². The number of rotatable bonds is 1. The Kier molecular flexibility index (Phi) is 2.16. The molecule has 6 atom stereocenters. The first-order valence-electron chi connectivity index (χ1n) is 6.92. The van der Waals surface area contributed by atoms with E-state index in [0.29, 0.717) is 11.5 Å². The molecule has 0 aromatic rings. The standard InChI is InChI=1S/C15H23N/c1-9(2)12-8-15(3)7-10-5-11(12)13(15)6-14(10)16-4/h9-14H,5-8H2,1-3H3/t10-,11+,12-,13+,14-,15-/m1/s1/i4+2. The molecule has 0 aromatic carbocycles. The second-order valence-corrected chi connectivity index (χ2v) is 7.17. The SMILES string of the molecule is CC(C)[C@H]1C[C@@]2(C)C[C@H]3C[C@@H]1[C@@H]2C[C@H]3[N+]#[14C-]. The molecular formula is C15H23N. The van der Waals surface area contributed by atoms with Gasteiger partial charge in [0, 0.05) is 12.3 Å². The van der Waals surface area contributed by atoms with Gasteiger partial charge in [-0.3, -0.25) is 0 Å². The minimum Gasteiger partial charge on any atom is -0.313 e. The van der Waals surface area contributed by atoms with Crippen LogP contribution < -0.4 is 0 Å². The summed E-state index contributed by atoms with van der Waals surface area (Å²) in [6, 6.07) is 0.375. The Bertz CT molecular complexity index is 340. The lowest BCUT2D eigenvalue weighted by Crippen LogP contribution is -2.46. The fraction of sp³-hybridized carbons (Fsp3) is 0.933. The fourth-order valence-electron chi connectivity index (χ4n) is 5.36. The Morgan fingerprint density at radius 2 is 2.00 bits per heavy atom. The monoisotopic (exact) mass is 219 g/mol. The Balaban J connectivity index is 1.91. The van der Waals surface area contributed by atoms with E-state index in [1.165, 1.54) is 25.7 Å². The summed E-state index contributed by atoms with van der Waals surface area (Å²) in [7, 11) is 0. The first kappa shape index (κ1) is 10.6. The van der Waals surface area contributed by atoms with E-state index in [1.807, 2.05) is 0 Å². The van der Waals surface area contributed by atoms with Crippen molar-refractivity contribution in [1.29, 1.82) is 0 Å². The Morgan fingerprint density at radius 3 is 2.56 bits per heavy atom. The summed E-state index contributed by atoms with van der Waals surface area (Å²) in [5, 5.41) is 0. The van der Waals surface area contributed by atoms with Crippen LogP contribution in [0.1, 0.15) is 46.5 Å². The zero-order chi connectivity index (χ0) is 11.5. The second-order valence-electron chi connectivity index (χ2n) is 7.17. The predicted octanol–water partition coefficient (Wildman–Crippen LogP) is 4.00. The van der Waals surface area contributed by atoms with Gasteiger partial charge in [-0.25, -0.2) is 6.57 Å². The van der Waals surface area contributed by atoms with Gasteiger partial charge in [0.25, 0.3) is 0 Å². The first-order valence-corrected chi connectivity index (χ1v) is 6.92. The summed E-state index contributed by atoms with van der Waals surface area (Å²) >= 11 is 0. The van der Waals surface area contributed by atoms with E-state index in [0.717, 1.165) is 29.6 Å². The van der Waals surface area contributed by atoms with E-state index < -0.39 is 0 Å². The molecule has 0 aliphatic heterocycles. The fourth-order valence-corrected chi connectivity index (χ4v) is 5.36. The largest absolute Gasteiger partial charge is 0.313 e. The van der Waals surface area contributed by atoms with Crippen molar-refractivity contribution < 1.29 is 0 Å². The molecule has 0 N–H and O–H groups in total. The van der Waals surface area contributed by atoms with Crippen LogP contribution in [0.4, 0.5) is 0 Å². The maximum atomic E-state index is 7.33. The van der Waals surface area contributed by atoms with Crippen LogP contribution in [0.25, 0.3) is 4.85 Å². The van der Waals surface area contributed by atoms with Crippen molar-refractivity contribution in [3.63, 3.8) is 0 Å². The van der Waals surface area contributed by atoms with Crippen molar-refractivity contribution in [2.24, 2.45) is 35.0 Å². The molecule has 1 heteroatoms. The average molecular weight is 219 g/mol. The molecule has 0 unspecified atom stereocenters. The highest BCUT2D eigenvalue weighted by atomic mass is 14.9. The highest BCUT2D eigenvalue weighted by molar-refractivity contribution is 5.12. The molecule has 0 radical (unpaired) electrons. The third-order valence-corrected chi connectivity index (χ3v) is 6.03. The number of fused-ring (bicyclic) bond motifs is 1. The molecule has 16 heavy (non-hydrogen) atoms. The third kappa shape index (κ3) is 1.22. The van der Waals surface area contributed by atoms with Crippen molar-refractivity contribution in [2.75, 3.05) is 0 Å². The quantitative estimate of drug-likeness (QED) is 0.587. The third-order valence-electron chi connectivity index (χ3n) is 6.03. The molecule has 0 aromatic heterocycles. The van der Waals surface area contributed by atoms with Gasteiger partial charge in [-0.1, -0.05) is 20.8 Å². The van der Waals surface area contributed by atoms with Crippen LogP contribution in [0.5, 0.6) is 0 Å². The number of hydrogen-bond donors (Lipinski definition) is 0. The van der Waals surface area contributed by atoms with Gasteiger partial charge in [-0.2, -0.15) is 0 Å². The van der Waals surface area contributed by atoms with Gasteiger partial charge in [0.15, 0.2) is 0 Å². The van der Waals surface area contributed by atoms with E-state index >= 15 is 0 Å². The molecule has 4 saturated carbocycles. The van der Waals surface area contributed by atoms with Gasteiger partial charge in [-0.05, 0) is 48.3 Å². The zero-order valence-corrected chi connectivity index (χ0v) is 10.7. The van der Waals surface area contributed by atoms with Crippen LogP contribution in [0, 0.1) is 41.6 Å². The molecule has 0 heterocycles. The highest BCUT2D eigenvalue weighted by Crippen LogP contribution is 2.66. The number of nitrogens with zero attached hydrogens (tertiary/aromatic N) is 1. The lowest BCUT2D eigenvalue weighted by Gasteiger charge is -2.48. The smallest absolute Gasteiger partial charge is 0.226 e. The minimum atomic E-state index is 0.375. The summed E-state index contributed by atoms with van der Waals surface area (Å²) in [4.78, 5) is 3.88. The Morgan fingerprint density at radius 1 is 1.25 bits per heavy atom. The van der Waals surface area contributed by atoms with Crippen LogP contribution in [-0.4, -0.2) is 6.04 Å². The molecule has 4 aliphatic carbocycles. The molecule has 1 nitrogen and oxygen atoms in total. The summed E-state index contributed by atoms with van der Waals surface area (Å²) < 4.78 is 0. The summed E-state index contributed by atoms with van der Waals surface area (Å²) in [5.41, 5.74) is 0.601. The average Bonchev–Trinajstić information content (AvgIpc) is 2.44. The normalized spacial score (nSPS) is 54.3. The topological polar surface area (TPSA) is 4.36 Å². The van der Waals surface area contributed by atoms with E-state index in [4.69, 9.17) is 6.57 Å². The van der Waals surface area contributed by atoms with Crippen molar-refractivity contribution in [3.8, 4) is 0 Å². The van der Waals surface area contributed by atoms with Crippen molar-refractivity contribution in [3.05, 3.63) is 11.4 Å². The van der Waals surface area contributed by atoms with Crippen LogP contribution >= 0.6 is 0 Å². The van der Waals surface area contributed by atoms with E-state index in [2.05, 4.69) is 25.6 Å². The van der Waals surface area contributed by atoms with Crippen LogP contribution in [0.3, 0.4) is 0 Å². The predicted molar refractivity (Wildman–Crippen MR) is 65.8 cm³/mol. The van der Waals surface area contributed by atoms with Crippen molar-refractivity contribution in [1.82, 2.24) is 0 Å². The van der Waals surface area contributed by atoms with Gasteiger partial charge in [0.05, 0.1) is 0 Å². The van der Waals surface area contributed by atoms with Crippen LogP contribution in [0.15, 0.2) is 0 Å². The molecule has 0 saturated heterocycles. The summed E-state index contributed by atoms with van der Waals surface area (Å²) in [6.07, 6.45) is 5.39. The molecule has 4 bridgehead atoms. The lowest BCUT2D eigenvalue weighted by atomic mass is 9.55. The Labute approximate surface area is 99.4 Å². The lowest BCUT2D eigenvalue weighted by molar-refractivity contribution is 0.00906. The first-order chi connectivity index (χ1) is 7.55. The maximum absolute atomic E-state index is 7.33. The highest BCUT2D eigenvalue weighted by Gasteiger charge is 2.62. The summed E-state index contributed by atoms with van der Waals surface area (Å²) in [6.45, 7) is 14.6. The van der Waals surface area contributed by atoms with Gasteiger partial charge in [0.1, 0.15) is 0 Å². The minimum absolute atomic E-state index is 0.375. The van der Waals surface area contributed by atoms with Gasteiger partial charge in [0.2, 0.25) is 6.04 Å². The van der Waals surface area contributed by atoms with Crippen molar-refractivity contribution >= 4 is 0 Å². The van der Waals surface area contributed by atoms with Gasteiger partial charge >= 0.3 is 0 Å². The summed E-state index contributed by atoms with van der Waals surface area (Å²) in [5.74, 6) is 4.37. The molecule has 4 rings (SSSR count). The van der Waals surface area contributed by atoms with Crippen LogP contribution in [0.2, 0.25) is 0 Å². The zero-order valence-electron chi connectivity index (χ0n) is 10.7. The molecule has 0 spiro atoms. The Hall–Kier alpha value is -0.510. The maximum Gasteiger partial charge on any atom is 0.226 e.